The molecule has 0 bridgehead atoms. The molecule has 112 valence electrons. The third kappa shape index (κ3) is 1.78. The molecule has 0 unspecified atom stereocenters. The quantitative estimate of drug-likeness (QED) is 0.926. The summed E-state index contributed by atoms with van der Waals surface area (Å²) in [7, 11) is -3.58. The SMILES string of the molecule is CCN1c2ccccc2S(=O)(=O)n2cc(C(C)C)c(N)c21. The summed E-state index contributed by atoms with van der Waals surface area (Å²) >= 11 is 0. The van der Waals surface area contributed by atoms with Crippen LogP contribution in [0.5, 0.6) is 0 Å². The Morgan fingerprint density at radius 2 is 1.90 bits per heavy atom. The van der Waals surface area contributed by atoms with Gasteiger partial charge in [-0.1, -0.05) is 26.0 Å². The molecule has 1 aliphatic heterocycles. The number of hydrogen-bond acceptors (Lipinski definition) is 4. The average Bonchev–Trinajstić information content (AvgIpc) is 2.79. The normalized spacial score (nSPS) is 15.9. The largest absolute Gasteiger partial charge is 0.395 e. The molecule has 0 spiro atoms. The van der Waals surface area contributed by atoms with Crippen molar-refractivity contribution in [3.05, 3.63) is 36.0 Å². The van der Waals surface area contributed by atoms with Crippen molar-refractivity contribution in [2.45, 2.75) is 31.6 Å². The zero-order valence-electron chi connectivity index (χ0n) is 12.4. The molecule has 0 fully saturated rings. The van der Waals surface area contributed by atoms with E-state index in [2.05, 4.69) is 0 Å². The van der Waals surface area contributed by atoms with Gasteiger partial charge >= 0.3 is 0 Å². The highest BCUT2D eigenvalue weighted by Crippen LogP contribution is 2.45. The molecule has 0 amide bonds. The van der Waals surface area contributed by atoms with Gasteiger partial charge in [-0.05, 0) is 30.5 Å². The molecule has 1 aliphatic rings. The lowest BCUT2D eigenvalue weighted by atomic mass is 10.1. The van der Waals surface area contributed by atoms with E-state index in [1.165, 1.54) is 3.97 Å². The summed E-state index contributed by atoms with van der Waals surface area (Å²) in [5.74, 6) is 0.722. The van der Waals surface area contributed by atoms with Crippen LogP contribution in [-0.4, -0.2) is 18.9 Å². The van der Waals surface area contributed by atoms with E-state index in [1.807, 2.05) is 37.8 Å². The van der Waals surface area contributed by atoms with Crippen LogP contribution in [0.4, 0.5) is 17.2 Å². The fourth-order valence-corrected chi connectivity index (χ4v) is 4.43. The standard InChI is InChI=1S/C15H19N3O2S/c1-4-17-12-7-5-6-8-13(12)21(19,20)18-9-11(10(2)3)14(16)15(17)18/h5-10H,4,16H2,1-3H3. The second-order valence-corrected chi connectivity index (χ2v) is 7.27. The van der Waals surface area contributed by atoms with E-state index < -0.39 is 10.0 Å². The van der Waals surface area contributed by atoms with Crippen LogP contribution < -0.4 is 10.6 Å². The fraction of sp³-hybridized carbons (Fsp3) is 0.333. The first-order valence-electron chi connectivity index (χ1n) is 7.02. The molecule has 0 radical (unpaired) electrons. The average molecular weight is 305 g/mol. The van der Waals surface area contributed by atoms with Gasteiger partial charge in [-0.2, -0.15) is 0 Å². The molecule has 3 rings (SSSR count). The summed E-state index contributed by atoms with van der Waals surface area (Å²) in [6, 6.07) is 7.05. The molecule has 0 aliphatic carbocycles. The van der Waals surface area contributed by atoms with E-state index in [0.717, 1.165) is 5.56 Å². The van der Waals surface area contributed by atoms with Crippen molar-refractivity contribution in [3.63, 3.8) is 0 Å². The number of nitrogen functional groups attached to an aromatic ring is 1. The van der Waals surface area contributed by atoms with Gasteiger partial charge in [0.15, 0.2) is 5.82 Å². The van der Waals surface area contributed by atoms with Gasteiger partial charge in [0.2, 0.25) is 0 Å². The van der Waals surface area contributed by atoms with Crippen LogP contribution in [0.3, 0.4) is 0 Å². The minimum Gasteiger partial charge on any atom is -0.395 e. The second-order valence-electron chi connectivity index (χ2n) is 5.49. The Balaban J connectivity index is 2.39. The van der Waals surface area contributed by atoms with Crippen molar-refractivity contribution in [3.8, 4) is 0 Å². The minimum atomic E-state index is -3.58. The Kier molecular flexibility index (Phi) is 3.02. The molecule has 2 aromatic rings. The number of hydrogen-bond donors (Lipinski definition) is 1. The molecule has 2 heterocycles. The predicted octanol–water partition coefficient (Wildman–Crippen LogP) is 2.90. The van der Waals surface area contributed by atoms with E-state index in [-0.39, 0.29) is 5.92 Å². The molecule has 1 aromatic heterocycles. The van der Waals surface area contributed by atoms with E-state index in [4.69, 9.17) is 5.73 Å². The van der Waals surface area contributed by atoms with Crippen LogP contribution in [0.25, 0.3) is 0 Å². The lowest BCUT2D eigenvalue weighted by Crippen LogP contribution is -2.30. The summed E-state index contributed by atoms with van der Waals surface area (Å²) in [6.45, 7) is 6.65. The zero-order chi connectivity index (χ0) is 15.4. The molecule has 1 aromatic carbocycles. The molecule has 0 atom stereocenters. The van der Waals surface area contributed by atoms with Crippen molar-refractivity contribution in [2.75, 3.05) is 17.2 Å². The molecular weight excluding hydrogens is 286 g/mol. The molecule has 0 saturated heterocycles. The highest BCUT2D eigenvalue weighted by Gasteiger charge is 2.35. The van der Waals surface area contributed by atoms with Gasteiger partial charge in [-0.3, -0.25) is 0 Å². The van der Waals surface area contributed by atoms with Crippen LogP contribution >= 0.6 is 0 Å². The van der Waals surface area contributed by atoms with Gasteiger partial charge in [0.25, 0.3) is 10.0 Å². The summed E-state index contributed by atoms with van der Waals surface area (Å²) < 4.78 is 27.0. The summed E-state index contributed by atoms with van der Waals surface area (Å²) in [5.41, 5.74) is 8.34. The molecule has 5 nitrogen and oxygen atoms in total. The predicted molar refractivity (Wildman–Crippen MR) is 84.6 cm³/mol. The maximum atomic E-state index is 12.8. The summed E-state index contributed by atoms with van der Waals surface area (Å²) in [4.78, 5) is 2.28. The number of anilines is 3. The third-order valence-electron chi connectivity index (χ3n) is 3.90. The lowest BCUT2D eigenvalue weighted by molar-refractivity contribution is 0.584. The Morgan fingerprint density at radius 3 is 2.52 bits per heavy atom. The second kappa shape index (κ2) is 4.53. The Morgan fingerprint density at radius 1 is 1.24 bits per heavy atom. The minimum absolute atomic E-state index is 0.167. The van der Waals surface area contributed by atoms with Gasteiger partial charge < -0.3 is 10.6 Å². The van der Waals surface area contributed by atoms with Crippen molar-refractivity contribution < 1.29 is 8.42 Å². The summed E-state index contributed by atoms with van der Waals surface area (Å²) in [6.07, 6.45) is 1.66. The Labute approximate surface area is 125 Å². The van der Waals surface area contributed by atoms with Crippen LogP contribution in [0.1, 0.15) is 32.3 Å². The smallest absolute Gasteiger partial charge is 0.271 e. The topological polar surface area (TPSA) is 68.3 Å². The van der Waals surface area contributed by atoms with Gasteiger partial charge in [-0.25, -0.2) is 12.4 Å². The first-order chi connectivity index (χ1) is 9.89. The summed E-state index contributed by atoms with van der Waals surface area (Å²) in [5, 5.41) is 0. The number of aromatic nitrogens is 1. The maximum Gasteiger partial charge on any atom is 0.271 e. The first kappa shape index (κ1) is 14.0. The molecule has 2 N–H and O–H groups in total. The number of rotatable bonds is 2. The number of para-hydroxylation sites is 1. The van der Waals surface area contributed by atoms with Crippen LogP contribution in [-0.2, 0) is 10.0 Å². The molecular formula is C15H19N3O2S. The number of nitrogens with two attached hydrogens (primary N) is 1. The van der Waals surface area contributed by atoms with E-state index >= 15 is 0 Å². The number of nitrogens with zero attached hydrogens (tertiary/aromatic N) is 2. The van der Waals surface area contributed by atoms with Gasteiger partial charge in [0, 0.05) is 12.7 Å². The van der Waals surface area contributed by atoms with Gasteiger partial charge in [0.05, 0.1) is 11.4 Å². The van der Waals surface area contributed by atoms with Gasteiger partial charge in [-0.15, -0.1) is 0 Å². The van der Waals surface area contributed by atoms with Crippen molar-refractivity contribution >= 4 is 27.2 Å². The van der Waals surface area contributed by atoms with Crippen LogP contribution in [0.2, 0.25) is 0 Å². The molecule has 6 heteroatoms. The van der Waals surface area contributed by atoms with Gasteiger partial charge in [0.1, 0.15) is 4.90 Å². The Hall–Kier alpha value is -1.95. The van der Waals surface area contributed by atoms with E-state index in [9.17, 15) is 8.42 Å². The first-order valence-corrected chi connectivity index (χ1v) is 8.46. The highest BCUT2D eigenvalue weighted by atomic mass is 32.2. The molecule has 21 heavy (non-hydrogen) atoms. The van der Waals surface area contributed by atoms with Crippen molar-refractivity contribution in [1.29, 1.82) is 0 Å². The Bertz CT molecular complexity index is 806. The van der Waals surface area contributed by atoms with Crippen LogP contribution in [0.15, 0.2) is 35.4 Å². The van der Waals surface area contributed by atoms with E-state index in [0.29, 0.717) is 28.6 Å². The molecule has 0 saturated carbocycles. The fourth-order valence-electron chi connectivity index (χ4n) is 2.85. The highest BCUT2D eigenvalue weighted by molar-refractivity contribution is 7.90. The number of fused-ring (bicyclic) bond motifs is 2. The maximum absolute atomic E-state index is 12.8. The van der Waals surface area contributed by atoms with Crippen molar-refractivity contribution in [1.82, 2.24) is 3.97 Å². The van der Waals surface area contributed by atoms with Crippen molar-refractivity contribution in [2.24, 2.45) is 0 Å². The van der Waals surface area contributed by atoms with Crippen LogP contribution in [0, 0.1) is 0 Å². The number of benzene rings is 1. The van der Waals surface area contributed by atoms with E-state index in [1.54, 1.807) is 18.3 Å². The monoisotopic (exact) mass is 305 g/mol. The lowest BCUT2D eigenvalue weighted by Gasteiger charge is -2.31. The zero-order valence-corrected chi connectivity index (χ0v) is 13.2. The third-order valence-corrected chi connectivity index (χ3v) is 5.60.